The Balaban J connectivity index is 0.00000121. The van der Waals surface area contributed by atoms with Crippen LogP contribution in [0.1, 0.15) is 12.8 Å². The summed E-state index contributed by atoms with van der Waals surface area (Å²) >= 11 is 0. The number of amidine groups is 1. The summed E-state index contributed by atoms with van der Waals surface area (Å²) in [6.07, 6.45) is 1.31. The molecular formula is C7H13ClN2O2. The van der Waals surface area contributed by atoms with Gasteiger partial charge in [0.1, 0.15) is 0 Å². The topological polar surface area (TPSA) is 64.7 Å². The molecule has 0 aromatic rings. The Hall–Kier alpha value is -0.770. The number of rotatable bonds is 1. The molecule has 12 heavy (non-hydrogen) atoms. The molecule has 70 valence electrons. The predicted octanol–water partition coefficient (Wildman–Crippen LogP) is 0.348. The lowest BCUT2D eigenvalue weighted by molar-refractivity contribution is -0.145. The number of aliphatic imine (C=N–C) groups is 1. The first-order valence-corrected chi connectivity index (χ1v) is 3.60. The zero-order valence-electron chi connectivity index (χ0n) is 6.95. The van der Waals surface area contributed by atoms with Crippen LogP contribution in [0.2, 0.25) is 0 Å². The molecule has 0 amide bonds. The maximum atomic E-state index is 11.0. The number of methoxy groups -OCH3 is 1. The average Bonchev–Trinajstić information content (AvgIpc) is 2.03. The summed E-state index contributed by atoms with van der Waals surface area (Å²) < 4.78 is 4.59. The molecule has 1 aliphatic heterocycles. The summed E-state index contributed by atoms with van der Waals surface area (Å²) in [5, 5.41) is 0. The molecule has 4 nitrogen and oxygen atoms in total. The van der Waals surface area contributed by atoms with Crippen molar-refractivity contribution in [2.45, 2.75) is 12.8 Å². The molecule has 2 N–H and O–H groups in total. The molecular weight excluding hydrogens is 180 g/mol. The van der Waals surface area contributed by atoms with Crippen molar-refractivity contribution in [1.29, 1.82) is 0 Å². The molecule has 0 saturated carbocycles. The highest BCUT2D eigenvalue weighted by Gasteiger charge is 2.22. The highest BCUT2D eigenvalue weighted by molar-refractivity contribution is 5.86. The monoisotopic (exact) mass is 192 g/mol. The van der Waals surface area contributed by atoms with Gasteiger partial charge in [-0.2, -0.15) is 0 Å². The van der Waals surface area contributed by atoms with Gasteiger partial charge in [-0.05, 0) is 6.42 Å². The third-order valence-electron chi connectivity index (χ3n) is 1.78. The van der Waals surface area contributed by atoms with Gasteiger partial charge >= 0.3 is 5.97 Å². The molecule has 0 aromatic carbocycles. The summed E-state index contributed by atoms with van der Waals surface area (Å²) in [5.74, 6) is 0.312. The van der Waals surface area contributed by atoms with Gasteiger partial charge in [-0.3, -0.25) is 9.79 Å². The van der Waals surface area contributed by atoms with E-state index in [1.165, 1.54) is 7.11 Å². The smallest absolute Gasteiger partial charge is 0.309 e. The fraction of sp³-hybridized carbons (Fsp3) is 0.714. The third-order valence-corrected chi connectivity index (χ3v) is 1.78. The highest BCUT2D eigenvalue weighted by Crippen LogP contribution is 2.14. The van der Waals surface area contributed by atoms with E-state index in [0.717, 1.165) is 6.42 Å². The summed E-state index contributed by atoms with van der Waals surface area (Å²) in [5.41, 5.74) is 5.46. The third kappa shape index (κ3) is 2.70. The minimum atomic E-state index is -0.178. The van der Waals surface area contributed by atoms with E-state index in [9.17, 15) is 4.79 Å². The normalized spacial score (nSPS) is 22.1. The number of halogens is 1. The molecule has 0 fully saturated rings. The van der Waals surface area contributed by atoms with Gasteiger partial charge in [0.05, 0.1) is 18.9 Å². The molecule has 0 spiro atoms. The fourth-order valence-electron chi connectivity index (χ4n) is 1.15. The average molecular weight is 193 g/mol. The van der Waals surface area contributed by atoms with Crippen molar-refractivity contribution < 1.29 is 9.53 Å². The zero-order valence-corrected chi connectivity index (χ0v) is 7.76. The van der Waals surface area contributed by atoms with Gasteiger partial charge < -0.3 is 10.5 Å². The van der Waals surface area contributed by atoms with Crippen molar-refractivity contribution in [3.63, 3.8) is 0 Å². The molecule has 5 heteroatoms. The lowest BCUT2D eigenvalue weighted by Gasteiger charge is -2.16. The van der Waals surface area contributed by atoms with Gasteiger partial charge in [0.15, 0.2) is 0 Å². The van der Waals surface area contributed by atoms with Crippen LogP contribution in [0.15, 0.2) is 4.99 Å². The van der Waals surface area contributed by atoms with Crippen molar-refractivity contribution in [3.05, 3.63) is 0 Å². The van der Waals surface area contributed by atoms with Crippen LogP contribution in [0.25, 0.3) is 0 Å². The van der Waals surface area contributed by atoms with E-state index in [2.05, 4.69) is 9.73 Å². The molecule has 0 bridgehead atoms. The zero-order chi connectivity index (χ0) is 8.27. The van der Waals surface area contributed by atoms with Crippen LogP contribution < -0.4 is 5.73 Å². The minimum Gasteiger partial charge on any atom is -0.469 e. The fourth-order valence-corrected chi connectivity index (χ4v) is 1.15. The first kappa shape index (κ1) is 11.2. The number of hydrogen-bond acceptors (Lipinski definition) is 4. The second-order valence-electron chi connectivity index (χ2n) is 2.59. The lowest BCUT2D eigenvalue weighted by Crippen LogP contribution is -2.28. The predicted molar refractivity (Wildman–Crippen MR) is 48.5 cm³/mol. The Morgan fingerprint density at radius 3 is 2.92 bits per heavy atom. The van der Waals surface area contributed by atoms with E-state index in [0.29, 0.717) is 18.8 Å². The largest absolute Gasteiger partial charge is 0.469 e. The number of esters is 1. The van der Waals surface area contributed by atoms with Gasteiger partial charge in [0.25, 0.3) is 0 Å². The SMILES string of the molecule is COC(=O)C1CCN=C(N)C1.Cl. The van der Waals surface area contributed by atoms with Gasteiger partial charge in [-0.1, -0.05) is 0 Å². The quantitative estimate of drug-likeness (QED) is 0.610. The van der Waals surface area contributed by atoms with Crippen molar-refractivity contribution in [1.82, 2.24) is 0 Å². The molecule has 0 aromatic heterocycles. The van der Waals surface area contributed by atoms with E-state index in [-0.39, 0.29) is 24.3 Å². The summed E-state index contributed by atoms with van der Waals surface area (Å²) in [6, 6.07) is 0. The van der Waals surface area contributed by atoms with Gasteiger partial charge in [-0.15, -0.1) is 12.4 Å². The molecule has 1 heterocycles. The van der Waals surface area contributed by atoms with Crippen molar-refractivity contribution >= 4 is 24.2 Å². The summed E-state index contributed by atoms with van der Waals surface area (Å²) in [6.45, 7) is 0.644. The summed E-state index contributed by atoms with van der Waals surface area (Å²) in [4.78, 5) is 15.0. The maximum absolute atomic E-state index is 11.0. The molecule has 0 saturated heterocycles. The van der Waals surface area contributed by atoms with Crippen molar-refractivity contribution in [3.8, 4) is 0 Å². The number of nitrogens with zero attached hydrogens (tertiary/aromatic N) is 1. The molecule has 1 unspecified atom stereocenters. The summed E-state index contributed by atoms with van der Waals surface area (Å²) in [7, 11) is 1.39. The van der Waals surface area contributed by atoms with Crippen LogP contribution in [0.4, 0.5) is 0 Å². The molecule has 0 radical (unpaired) electrons. The van der Waals surface area contributed by atoms with E-state index < -0.39 is 0 Å². The van der Waals surface area contributed by atoms with Crippen LogP contribution >= 0.6 is 12.4 Å². The van der Waals surface area contributed by atoms with Crippen LogP contribution in [0.3, 0.4) is 0 Å². The lowest BCUT2D eigenvalue weighted by atomic mass is 9.99. The van der Waals surface area contributed by atoms with E-state index in [1.807, 2.05) is 0 Å². The van der Waals surface area contributed by atoms with Gasteiger partial charge in [0, 0.05) is 13.0 Å². The van der Waals surface area contributed by atoms with Crippen LogP contribution in [-0.4, -0.2) is 25.5 Å². The molecule has 1 aliphatic rings. The van der Waals surface area contributed by atoms with Crippen LogP contribution in [0, 0.1) is 5.92 Å². The Bertz CT molecular complexity index is 194. The number of hydrogen-bond donors (Lipinski definition) is 1. The van der Waals surface area contributed by atoms with Gasteiger partial charge in [0.2, 0.25) is 0 Å². The van der Waals surface area contributed by atoms with Crippen molar-refractivity contribution in [2.24, 2.45) is 16.6 Å². The first-order valence-electron chi connectivity index (χ1n) is 3.60. The van der Waals surface area contributed by atoms with Gasteiger partial charge in [-0.25, -0.2) is 0 Å². The Labute approximate surface area is 77.6 Å². The minimum absolute atomic E-state index is 0. The second-order valence-corrected chi connectivity index (χ2v) is 2.59. The number of nitrogens with two attached hydrogens (primary N) is 1. The Kier molecular flexibility index (Phi) is 4.66. The maximum Gasteiger partial charge on any atom is 0.309 e. The molecule has 1 rings (SSSR count). The number of carbonyl (C=O) groups is 1. The Morgan fingerprint density at radius 2 is 2.42 bits per heavy atom. The number of carbonyl (C=O) groups excluding carboxylic acids is 1. The second kappa shape index (κ2) is 4.98. The van der Waals surface area contributed by atoms with Crippen LogP contribution in [-0.2, 0) is 9.53 Å². The first-order chi connectivity index (χ1) is 5.24. The molecule has 1 atom stereocenters. The van der Waals surface area contributed by atoms with Crippen LogP contribution in [0.5, 0.6) is 0 Å². The number of ether oxygens (including phenoxy) is 1. The standard InChI is InChI=1S/C7H12N2O2.ClH/c1-11-7(10)5-2-3-9-6(8)4-5;/h5H,2-4H2,1H3,(H2,8,9);1H. The molecule has 0 aliphatic carbocycles. The van der Waals surface area contributed by atoms with E-state index in [4.69, 9.17) is 5.73 Å². The van der Waals surface area contributed by atoms with E-state index in [1.54, 1.807) is 0 Å². The Morgan fingerprint density at radius 1 is 1.75 bits per heavy atom. The van der Waals surface area contributed by atoms with Crippen molar-refractivity contribution in [2.75, 3.05) is 13.7 Å². The van der Waals surface area contributed by atoms with E-state index >= 15 is 0 Å². The highest BCUT2D eigenvalue weighted by atomic mass is 35.5.